The van der Waals surface area contributed by atoms with E-state index in [-0.39, 0.29) is 6.03 Å². The normalized spacial score (nSPS) is 10.7. The molecule has 0 saturated heterocycles. The number of nitrogens with one attached hydrogen (secondary N) is 2. The summed E-state index contributed by atoms with van der Waals surface area (Å²) in [4.78, 5) is 15.5. The fourth-order valence-electron chi connectivity index (χ4n) is 2.44. The van der Waals surface area contributed by atoms with Crippen LogP contribution in [0.2, 0.25) is 5.15 Å². The fraction of sp³-hybridized carbons (Fsp3) is 0.188. The maximum Gasteiger partial charge on any atom is 0.318 e. The lowest BCUT2D eigenvalue weighted by atomic mass is 10.2. The minimum atomic E-state index is -0.303. The summed E-state index contributed by atoms with van der Waals surface area (Å²) in [5.41, 5.74) is 3.02. The molecule has 124 valence electrons. The van der Waals surface area contributed by atoms with Crippen molar-refractivity contribution in [3.05, 3.63) is 41.3 Å². The van der Waals surface area contributed by atoms with E-state index in [9.17, 15) is 4.79 Å². The van der Waals surface area contributed by atoms with Gasteiger partial charge in [-0.1, -0.05) is 11.6 Å². The molecule has 0 aliphatic rings. The number of nitrogens with zero attached hydrogens (tertiary/aromatic N) is 3. The molecular weight excluding hydrogens is 330 g/mol. The quantitative estimate of drug-likeness (QED) is 0.714. The van der Waals surface area contributed by atoms with Gasteiger partial charge >= 0.3 is 6.03 Å². The van der Waals surface area contributed by atoms with Crippen molar-refractivity contribution in [1.29, 1.82) is 0 Å². The van der Waals surface area contributed by atoms with E-state index in [0.717, 1.165) is 22.3 Å². The first-order valence-electron chi connectivity index (χ1n) is 7.21. The number of urea groups is 1. The molecule has 0 unspecified atom stereocenters. The zero-order valence-electron chi connectivity index (χ0n) is 13.4. The second-order valence-electron chi connectivity index (χ2n) is 5.11. The van der Waals surface area contributed by atoms with E-state index in [1.54, 1.807) is 43.2 Å². The zero-order valence-corrected chi connectivity index (χ0v) is 14.2. The number of anilines is 1. The lowest BCUT2D eigenvalue weighted by molar-refractivity contribution is 0.254. The van der Waals surface area contributed by atoms with E-state index in [1.165, 1.54) is 0 Å². The maximum atomic E-state index is 11.4. The lowest BCUT2D eigenvalue weighted by Gasteiger charge is -2.12. The summed E-state index contributed by atoms with van der Waals surface area (Å²) in [6.07, 6.45) is 1.70. The Kier molecular flexibility index (Phi) is 4.26. The molecule has 2 amide bonds. The molecule has 7 nitrogen and oxygen atoms in total. The first-order valence-corrected chi connectivity index (χ1v) is 7.59. The second kappa shape index (κ2) is 6.37. The van der Waals surface area contributed by atoms with Gasteiger partial charge in [0.25, 0.3) is 0 Å². The predicted molar refractivity (Wildman–Crippen MR) is 93.2 cm³/mol. The van der Waals surface area contributed by atoms with Gasteiger partial charge in [-0.05, 0) is 19.1 Å². The number of ether oxygens (including phenoxy) is 1. The number of benzene rings is 1. The standard InChI is InChI=1S/C16H16ClN5O2/c1-9-11-8-19-15(17)7-13(11)22(21-9)12-5-4-10(6-14(12)24-3)20-16(23)18-2/h4-8H,1-3H3,(H2,18,20,23). The topological polar surface area (TPSA) is 81.1 Å². The number of aryl methyl sites for hydroxylation is 1. The third-order valence-electron chi connectivity index (χ3n) is 3.61. The predicted octanol–water partition coefficient (Wildman–Crippen LogP) is 3.14. The van der Waals surface area contributed by atoms with Crippen LogP contribution in [-0.2, 0) is 0 Å². The molecule has 2 N–H and O–H groups in total. The van der Waals surface area contributed by atoms with Crippen LogP contribution in [0, 0.1) is 6.92 Å². The van der Waals surface area contributed by atoms with Crippen LogP contribution in [-0.4, -0.2) is 35.0 Å². The smallest absolute Gasteiger partial charge is 0.318 e. The number of hydrogen-bond donors (Lipinski definition) is 2. The molecule has 2 aromatic heterocycles. The van der Waals surface area contributed by atoms with E-state index in [0.29, 0.717) is 16.6 Å². The number of carbonyl (C=O) groups excluding carboxylic acids is 1. The molecule has 0 aliphatic carbocycles. The van der Waals surface area contributed by atoms with Crippen molar-refractivity contribution in [3.63, 3.8) is 0 Å². The Morgan fingerprint density at radius 2 is 2.12 bits per heavy atom. The minimum absolute atomic E-state index is 0.303. The third kappa shape index (κ3) is 2.85. The number of fused-ring (bicyclic) bond motifs is 1. The van der Waals surface area contributed by atoms with E-state index in [2.05, 4.69) is 20.7 Å². The van der Waals surface area contributed by atoms with Crippen molar-refractivity contribution in [2.45, 2.75) is 6.92 Å². The summed E-state index contributed by atoms with van der Waals surface area (Å²) in [7, 11) is 3.12. The number of methoxy groups -OCH3 is 1. The van der Waals surface area contributed by atoms with Gasteiger partial charge in [-0.2, -0.15) is 5.10 Å². The Bertz CT molecular complexity index is 922. The molecule has 0 saturated carbocycles. The molecule has 0 fully saturated rings. The minimum Gasteiger partial charge on any atom is -0.494 e. The van der Waals surface area contributed by atoms with Crippen molar-refractivity contribution in [1.82, 2.24) is 20.1 Å². The summed E-state index contributed by atoms with van der Waals surface area (Å²) in [6.45, 7) is 1.91. The second-order valence-corrected chi connectivity index (χ2v) is 5.50. The fourth-order valence-corrected chi connectivity index (χ4v) is 2.59. The van der Waals surface area contributed by atoms with Crippen LogP contribution in [0.1, 0.15) is 5.69 Å². The third-order valence-corrected chi connectivity index (χ3v) is 3.82. The first kappa shape index (κ1) is 16.1. The molecule has 0 aliphatic heterocycles. The van der Waals surface area contributed by atoms with E-state index < -0.39 is 0 Å². The van der Waals surface area contributed by atoms with Crippen molar-refractivity contribution >= 4 is 34.2 Å². The van der Waals surface area contributed by atoms with Crippen molar-refractivity contribution in [2.24, 2.45) is 0 Å². The van der Waals surface area contributed by atoms with Gasteiger partial charge in [0.1, 0.15) is 16.6 Å². The molecule has 1 aromatic carbocycles. The van der Waals surface area contributed by atoms with E-state index in [4.69, 9.17) is 16.3 Å². The number of hydrogen-bond acceptors (Lipinski definition) is 4. The maximum absolute atomic E-state index is 11.4. The van der Waals surface area contributed by atoms with Gasteiger partial charge in [-0.25, -0.2) is 14.5 Å². The SMILES string of the molecule is CNC(=O)Nc1ccc(-n2nc(C)c3cnc(Cl)cc32)c(OC)c1. The van der Waals surface area contributed by atoms with E-state index in [1.807, 2.05) is 13.0 Å². The molecule has 3 rings (SSSR count). The van der Waals surface area contributed by atoms with Crippen LogP contribution in [0.3, 0.4) is 0 Å². The molecule has 0 atom stereocenters. The number of carbonyl (C=O) groups is 1. The van der Waals surface area contributed by atoms with Crippen LogP contribution in [0.5, 0.6) is 5.75 Å². The molecule has 0 spiro atoms. The molecule has 2 heterocycles. The number of amides is 2. The van der Waals surface area contributed by atoms with Crippen molar-refractivity contribution in [3.8, 4) is 11.4 Å². The van der Waals surface area contributed by atoms with Crippen LogP contribution in [0.15, 0.2) is 30.5 Å². The molecule has 24 heavy (non-hydrogen) atoms. The molecule has 0 bridgehead atoms. The van der Waals surface area contributed by atoms with E-state index >= 15 is 0 Å². The summed E-state index contributed by atoms with van der Waals surface area (Å²) in [6, 6.07) is 6.79. The largest absolute Gasteiger partial charge is 0.494 e. The first-order chi connectivity index (χ1) is 11.5. The van der Waals surface area contributed by atoms with Crippen LogP contribution < -0.4 is 15.4 Å². The summed E-state index contributed by atoms with van der Waals surface area (Å²) >= 11 is 6.02. The van der Waals surface area contributed by atoms with Crippen LogP contribution in [0.4, 0.5) is 10.5 Å². The van der Waals surface area contributed by atoms with Crippen molar-refractivity contribution in [2.75, 3.05) is 19.5 Å². The van der Waals surface area contributed by atoms with Gasteiger partial charge < -0.3 is 15.4 Å². The van der Waals surface area contributed by atoms with Crippen molar-refractivity contribution < 1.29 is 9.53 Å². The number of halogens is 1. The highest BCUT2D eigenvalue weighted by molar-refractivity contribution is 6.30. The zero-order chi connectivity index (χ0) is 17.3. The Labute approximate surface area is 143 Å². The Morgan fingerprint density at radius 1 is 1.33 bits per heavy atom. The number of aromatic nitrogens is 3. The Morgan fingerprint density at radius 3 is 2.83 bits per heavy atom. The van der Waals surface area contributed by atoms with Gasteiger partial charge in [0.15, 0.2) is 0 Å². The summed E-state index contributed by atoms with van der Waals surface area (Å²) in [5.74, 6) is 0.571. The molecule has 8 heteroatoms. The number of rotatable bonds is 3. The highest BCUT2D eigenvalue weighted by Gasteiger charge is 2.14. The van der Waals surface area contributed by atoms with Gasteiger partial charge in [-0.3, -0.25) is 0 Å². The van der Waals surface area contributed by atoms with Crippen LogP contribution >= 0.6 is 11.6 Å². The Hall–Kier alpha value is -2.80. The van der Waals surface area contributed by atoms with Gasteiger partial charge in [-0.15, -0.1) is 0 Å². The Balaban J connectivity index is 2.12. The van der Waals surface area contributed by atoms with Crippen LogP contribution in [0.25, 0.3) is 16.6 Å². The average Bonchev–Trinajstić information content (AvgIpc) is 2.90. The van der Waals surface area contributed by atoms with Gasteiger partial charge in [0.2, 0.25) is 0 Å². The van der Waals surface area contributed by atoms with Gasteiger partial charge in [0.05, 0.1) is 18.3 Å². The highest BCUT2D eigenvalue weighted by atomic mass is 35.5. The average molecular weight is 346 g/mol. The summed E-state index contributed by atoms with van der Waals surface area (Å²) < 4.78 is 7.21. The molecule has 0 radical (unpaired) electrons. The van der Waals surface area contributed by atoms with Gasteiger partial charge in [0, 0.05) is 36.5 Å². The monoisotopic (exact) mass is 345 g/mol. The lowest BCUT2D eigenvalue weighted by Crippen LogP contribution is -2.24. The molecule has 3 aromatic rings. The summed E-state index contributed by atoms with van der Waals surface area (Å²) in [5, 5.41) is 11.1. The highest BCUT2D eigenvalue weighted by Crippen LogP contribution is 2.30. The number of pyridine rings is 1. The molecular formula is C16H16ClN5O2.